The third kappa shape index (κ3) is 3.95. The molecule has 190 valence electrons. The lowest BCUT2D eigenvalue weighted by atomic mass is 9.55. The molecule has 0 saturated heterocycles. The molecule has 1 N–H and O–H groups in total. The number of anilines is 1. The second-order valence-corrected chi connectivity index (χ2v) is 11.4. The Bertz CT molecular complexity index is 1350. The van der Waals surface area contributed by atoms with Crippen LogP contribution in [0.1, 0.15) is 56.2 Å². The Morgan fingerprint density at radius 3 is 2.68 bits per heavy atom. The zero-order valence-corrected chi connectivity index (χ0v) is 21.8. The van der Waals surface area contributed by atoms with Gasteiger partial charge in [-0.2, -0.15) is 0 Å². The highest BCUT2D eigenvalue weighted by Crippen LogP contribution is 2.64. The third-order valence-electron chi connectivity index (χ3n) is 9.24. The fourth-order valence-corrected chi connectivity index (χ4v) is 7.13. The summed E-state index contributed by atoms with van der Waals surface area (Å²) in [6.07, 6.45) is 7.04. The predicted molar refractivity (Wildman–Crippen MR) is 144 cm³/mol. The molecule has 5 heteroatoms. The van der Waals surface area contributed by atoms with Crippen molar-refractivity contribution in [2.24, 2.45) is 11.3 Å². The van der Waals surface area contributed by atoms with Gasteiger partial charge in [-0.05, 0) is 90.1 Å². The number of carbonyl (C=O) groups is 1. The lowest BCUT2D eigenvalue weighted by Crippen LogP contribution is -2.53. The number of nitrogens with zero attached hydrogens (tertiary/aromatic N) is 2. The summed E-state index contributed by atoms with van der Waals surface area (Å²) in [5.41, 5.74) is 5.17. The molecule has 3 aliphatic carbocycles. The number of hydrogen-bond acceptors (Lipinski definition) is 5. The number of hydrogen-bond donors (Lipinski definition) is 1. The maximum Gasteiger partial charge on any atom is 0.156 e. The van der Waals surface area contributed by atoms with Crippen LogP contribution >= 0.6 is 0 Å². The predicted octanol–water partition coefficient (Wildman–Crippen LogP) is 4.82. The molecule has 0 radical (unpaired) electrons. The van der Waals surface area contributed by atoms with Gasteiger partial charge in [0.05, 0.1) is 12.7 Å². The number of pyridine rings is 1. The summed E-state index contributed by atoms with van der Waals surface area (Å²) in [5.74, 6) is 6.89. The molecule has 2 saturated carbocycles. The number of rotatable bonds is 2. The minimum Gasteiger partial charge on any atom is -0.378 e. The number of benzene rings is 1. The molecule has 5 nitrogen and oxygen atoms in total. The van der Waals surface area contributed by atoms with Gasteiger partial charge in [0.25, 0.3) is 0 Å². The highest BCUT2D eigenvalue weighted by molar-refractivity contribution is 5.93. The highest BCUT2D eigenvalue weighted by atomic mass is 16.5. The number of fused-ring (bicyclic) bond motifs is 4. The largest absolute Gasteiger partial charge is 0.378 e. The van der Waals surface area contributed by atoms with E-state index in [9.17, 15) is 9.90 Å². The number of ether oxygens (including phenoxy) is 1. The fourth-order valence-electron chi connectivity index (χ4n) is 7.13. The zero-order valence-electron chi connectivity index (χ0n) is 21.8. The van der Waals surface area contributed by atoms with E-state index in [4.69, 9.17) is 4.74 Å². The van der Waals surface area contributed by atoms with Crippen LogP contribution in [0.3, 0.4) is 0 Å². The lowest BCUT2D eigenvalue weighted by Gasteiger charge is -2.53. The van der Waals surface area contributed by atoms with Crippen LogP contribution in [-0.2, 0) is 9.53 Å². The van der Waals surface area contributed by atoms with Crippen molar-refractivity contribution in [3.8, 4) is 11.8 Å². The molecule has 6 rings (SSSR count). The first-order valence-electron chi connectivity index (χ1n) is 13.3. The van der Waals surface area contributed by atoms with Crippen LogP contribution in [0.5, 0.6) is 0 Å². The topological polar surface area (TPSA) is 62.7 Å². The van der Waals surface area contributed by atoms with Gasteiger partial charge in [-0.25, -0.2) is 4.98 Å². The van der Waals surface area contributed by atoms with Crippen molar-refractivity contribution in [1.82, 2.24) is 4.98 Å². The molecule has 5 atom stereocenters. The van der Waals surface area contributed by atoms with Gasteiger partial charge in [-0.1, -0.05) is 31.0 Å². The molecule has 2 fully saturated rings. The van der Waals surface area contributed by atoms with Crippen LogP contribution in [0.15, 0.2) is 71.5 Å². The molecule has 0 bridgehead atoms. The summed E-state index contributed by atoms with van der Waals surface area (Å²) in [7, 11) is 4.09. The number of aromatic nitrogens is 1. The lowest BCUT2D eigenvalue weighted by molar-refractivity contribution is -0.115. The van der Waals surface area contributed by atoms with Crippen LogP contribution in [-0.4, -0.2) is 48.3 Å². The first kappa shape index (κ1) is 24.2. The molecular weight excluding hydrogens is 460 g/mol. The van der Waals surface area contributed by atoms with E-state index in [1.807, 2.05) is 32.3 Å². The molecule has 0 amide bonds. The molecule has 2 aromatic rings. The van der Waals surface area contributed by atoms with Crippen molar-refractivity contribution >= 4 is 11.5 Å². The first-order valence-corrected chi connectivity index (χ1v) is 13.3. The average Bonchev–Trinajstić information content (AvgIpc) is 3.17. The molecule has 1 aliphatic heterocycles. The Hall–Kier alpha value is -3.20. The molecule has 1 aromatic carbocycles. The van der Waals surface area contributed by atoms with Crippen molar-refractivity contribution in [3.05, 3.63) is 82.7 Å². The number of ketones is 1. The van der Waals surface area contributed by atoms with E-state index in [1.165, 1.54) is 16.7 Å². The Morgan fingerprint density at radius 2 is 1.95 bits per heavy atom. The third-order valence-corrected chi connectivity index (χ3v) is 9.24. The molecule has 37 heavy (non-hydrogen) atoms. The van der Waals surface area contributed by atoms with E-state index < -0.39 is 11.0 Å². The summed E-state index contributed by atoms with van der Waals surface area (Å²) >= 11 is 0. The van der Waals surface area contributed by atoms with Crippen LogP contribution in [0.25, 0.3) is 0 Å². The summed E-state index contributed by atoms with van der Waals surface area (Å²) in [6.45, 7) is 2.67. The van der Waals surface area contributed by atoms with Crippen molar-refractivity contribution in [3.63, 3.8) is 0 Å². The van der Waals surface area contributed by atoms with Crippen LogP contribution in [0, 0.1) is 23.2 Å². The van der Waals surface area contributed by atoms with E-state index >= 15 is 0 Å². The quantitative estimate of drug-likeness (QED) is 0.607. The van der Waals surface area contributed by atoms with Gasteiger partial charge in [-0.15, -0.1) is 0 Å². The molecular formula is C32H34N2O3. The Labute approximate surface area is 219 Å². The smallest absolute Gasteiger partial charge is 0.156 e. The standard InChI is InChI=1S/C32H34N2O3/c1-31-19-27(21-7-9-24(10-8-21)34(2)3)29-26-12-11-25(35)18-22(26)20-37-30(29)28(31)14-16-32(31,36)15-13-23-6-4-5-17-33-23/h4-10,17-18,27-28,30,36H,11-12,14,16,19-20H2,1-3H3/t27?,28-,30-,31-,32-/m0/s1. The number of aliphatic hydroxyl groups is 1. The maximum atomic E-state index is 12.2. The summed E-state index contributed by atoms with van der Waals surface area (Å²) in [4.78, 5) is 18.7. The van der Waals surface area contributed by atoms with Gasteiger partial charge >= 0.3 is 0 Å². The van der Waals surface area contributed by atoms with Crippen LogP contribution in [0.4, 0.5) is 5.69 Å². The minimum atomic E-state index is -1.13. The second kappa shape index (κ2) is 8.97. The van der Waals surface area contributed by atoms with E-state index in [0.29, 0.717) is 25.1 Å². The molecule has 1 aromatic heterocycles. The molecule has 2 heterocycles. The van der Waals surface area contributed by atoms with Gasteiger partial charge in [0, 0.05) is 43.7 Å². The Kier molecular flexibility index (Phi) is 5.86. The number of carbonyl (C=O) groups excluding carboxylic acids is 1. The van der Waals surface area contributed by atoms with Crippen molar-refractivity contribution in [2.75, 3.05) is 25.6 Å². The Morgan fingerprint density at radius 1 is 1.14 bits per heavy atom. The van der Waals surface area contributed by atoms with Crippen LogP contribution < -0.4 is 4.90 Å². The molecule has 1 unspecified atom stereocenters. The van der Waals surface area contributed by atoms with Gasteiger partial charge < -0.3 is 14.7 Å². The second-order valence-electron chi connectivity index (χ2n) is 11.4. The van der Waals surface area contributed by atoms with E-state index in [0.717, 1.165) is 30.5 Å². The van der Waals surface area contributed by atoms with Crippen LogP contribution in [0.2, 0.25) is 0 Å². The summed E-state index contributed by atoms with van der Waals surface area (Å²) in [5, 5.41) is 12.1. The molecule has 4 aliphatic rings. The zero-order chi connectivity index (χ0) is 25.8. The Balaban J connectivity index is 1.46. The SMILES string of the molecule is CN(C)c1ccc(C2C[C@@]3(C)[C@@H](CC[C@@]3(O)C#Cc3ccccn3)[C@@H]3OCC4=CC(=O)CCC4=C23)cc1. The normalized spacial score (nSPS) is 32.5. The fraction of sp³-hybridized carbons (Fsp3) is 0.438. The van der Waals surface area contributed by atoms with E-state index in [1.54, 1.807) is 12.3 Å². The van der Waals surface area contributed by atoms with Crippen molar-refractivity contribution in [1.29, 1.82) is 0 Å². The first-order chi connectivity index (χ1) is 17.8. The van der Waals surface area contributed by atoms with Crippen molar-refractivity contribution < 1.29 is 14.6 Å². The molecule has 0 spiro atoms. The van der Waals surface area contributed by atoms with E-state index in [2.05, 4.69) is 52.9 Å². The van der Waals surface area contributed by atoms with Gasteiger partial charge in [0.2, 0.25) is 0 Å². The van der Waals surface area contributed by atoms with E-state index in [-0.39, 0.29) is 23.7 Å². The van der Waals surface area contributed by atoms with Gasteiger partial charge in [0.1, 0.15) is 11.3 Å². The highest BCUT2D eigenvalue weighted by Gasteiger charge is 2.63. The van der Waals surface area contributed by atoms with Crippen molar-refractivity contribution in [2.45, 2.75) is 56.7 Å². The summed E-state index contributed by atoms with van der Waals surface area (Å²) < 4.78 is 6.59. The van der Waals surface area contributed by atoms with Gasteiger partial charge in [-0.3, -0.25) is 4.79 Å². The summed E-state index contributed by atoms with van der Waals surface area (Å²) in [6, 6.07) is 14.4. The minimum absolute atomic E-state index is 0.0803. The monoisotopic (exact) mass is 494 g/mol. The maximum absolute atomic E-state index is 12.2. The average molecular weight is 495 g/mol. The van der Waals surface area contributed by atoms with Gasteiger partial charge in [0.15, 0.2) is 5.78 Å². The number of allylic oxidation sites excluding steroid dienone is 1.